The Balaban J connectivity index is 1.32. The summed E-state index contributed by atoms with van der Waals surface area (Å²) in [5, 5.41) is 187. The van der Waals surface area contributed by atoms with E-state index in [9.17, 15) is 86.8 Å². The van der Waals surface area contributed by atoms with Crippen LogP contribution in [0.4, 0.5) is 0 Å². The van der Waals surface area contributed by atoms with E-state index in [1.165, 1.54) is 6.07 Å². The van der Waals surface area contributed by atoms with E-state index in [1.54, 1.807) is 0 Å². The molecule has 6 aromatic rings. The lowest BCUT2D eigenvalue weighted by molar-refractivity contribution is -0.00568. The summed E-state index contributed by atoms with van der Waals surface area (Å²) in [5.74, 6) is -15.6. The van der Waals surface area contributed by atoms with Gasteiger partial charge in [-0.15, -0.1) is 0 Å². The molecule has 20 nitrogen and oxygen atoms in total. The molecular weight excluding hydrogens is 860 g/mol. The second kappa shape index (κ2) is 15.0. The first-order valence-corrected chi connectivity index (χ1v) is 19.5. The minimum Gasteiger partial charge on any atom is -0.508 e. The van der Waals surface area contributed by atoms with Crippen molar-refractivity contribution < 1.29 is 101 Å². The van der Waals surface area contributed by atoms with Gasteiger partial charge < -0.3 is 101 Å². The molecule has 0 aliphatic carbocycles. The van der Waals surface area contributed by atoms with Crippen LogP contribution in [-0.4, -0.2) is 105 Å². The number of fused-ring (bicyclic) bond motifs is 3. The number of phenolic OH excluding ortho intramolecular Hbond substituents is 14. The van der Waals surface area contributed by atoms with Gasteiger partial charge in [-0.25, -0.2) is 0 Å². The van der Waals surface area contributed by atoms with Gasteiger partial charge in [0.1, 0.15) is 64.0 Å². The average molecular weight is 899 g/mol. The topological polar surface area (TPSA) is 372 Å². The van der Waals surface area contributed by atoms with Crippen LogP contribution in [0.2, 0.25) is 0 Å². The molecule has 8 atom stereocenters. The normalized spacial score (nSPS) is 23.2. The van der Waals surface area contributed by atoms with Crippen LogP contribution in [0, 0.1) is 0 Å². The van der Waals surface area contributed by atoms with Crippen LogP contribution in [0.1, 0.15) is 74.7 Å². The van der Waals surface area contributed by atoms with Crippen LogP contribution in [0.5, 0.6) is 97.7 Å². The van der Waals surface area contributed by atoms with Crippen molar-refractivity contribution in [3.05, 3.63) is 111 Å². The number of ether oxygens (including phenoxy) is 3. The standard InChI is InChI=1S/C45H38O20/c46-16-8-21(50)31-30(9-16)63-42(13-1-2-18(47)20(49)3-13)39(61)35(31)33-23(52)12-24(53)34-36(40(62)43(65-45(33)34)15-6-27(56)38(60)28(57)7-15)32-22(51)11-19(48)17-10-29(58)41(64-44(17)32)14-4-25(54)37(59)26(55)5-14/h1-9,11-12,29,35-36,39-43,46-62H,10H2/t29-,35-,36+,39-,40?,41+,42+,43+/m0/s1. The molecule has 0 bridgehead atoms. The predicted molar refractivity (Wildman–Crippen MR) is 217 cm³/mol. The van der Waals surface area contributed by atoms with Crippen molar-refractivity contribution in [1.29, 1.82) is 0 Å². The Morgan fingerprint density at radius 2 is 0.815 bits per heavy atom. The maximum Gasteiger partial charge on any atom is 0.200 e. The Hall–Kier alpha value is -8.20. The van der Waals surface area contributed by atoms with E-state index in [2.05, 4.69) is 0 Å². The largest absolute Gasteiger partial charge is 0.508 e. The van der Waals surface area contributed by atoms with E-state index in [-0.39, 0.29) is 33.6 Å². The summed E-state index contributed by atoms with van der Waals surface area (Å²) in [6, 6.07) is 10.8. The molecular formula is C45H38O20. The highest BCUT2D eigenvalue weighted by atomic mass is 16.5. The highest BCUT2D eigenvalue weighted by Crippen LogP contribution is 2.62. The van der Waals surface area contributed by atoms with Crippen molar-refractivity contribution in [2.24, 2.45) is 0 Å². The lowest BCUT2D eigenvalue weighted by Gasteiger charge is -2.43. The summed E-state index contributed by atoms with van der Waals surface area (Å²) in [4.78, 5) is 0. The SMILES string of the molecule is Oc1cc(O)c2c(c1)O[C@H](c1ccc(O)c(O)c1)[C@@H](O)[C@@H]2c1c(O)cc(O)c2c1O[C@H](c1cc(O)c(O)c(O)c1)C(O)[C@@H]2c1c(O)cc(O)c2c1O[C@H](c1cc(O)c(O)c(O)c1)[C@@H](O)C2. The average Bonchev–Trinajstić information content (AvgIpc) is 3.23. The summed E-state index contributed by atoms with van der Waals surface area (Å²) < 4.78 is 18.7. The minimum absolute atomic E-state index is 0.0327. The zero-order chi connectivity index (χ0) is 46.7. The second-order valence-corrected chi connectivity index (χ2v) is 16.0. The summed E-state index contributed by atoms with van der Waals surface area (Å²) in [5.41, 5.74) is -2.13. The number of rotatable bonds is 5. The molecule has 3 aliphatic heterocycles. The van der Waals surface area contributed by atoms with E-state index in [0.717, 1.165) is 60.7 Å². The Morgan fingerprint density at radius 3 is 1.37 bits per heavy atom. The van der Waals surface area contributed by atoms with Crippen molar-refractivity contribution >= 4 is 0 Å². The first-order chi connectivity index (χ1) is 30.7. The molecule has 0 spiro atoms. The molecule has 17 N–H and O–H groups in total. The number of benzene rings is 6. The number of hydrogen-bond acceptors (Lipinski definition) is 20. The van der Waals surface area contributed by atoms with Crippen molar-refractivity contribution in [3.63, 3.8) is 0 Å². The molecule has 9 rings (SSSR count). The molecule has 3 heterocycles. The highest BCUT2D eigenvalue weighted by Gasteiger charge is 2.51. The quantitative estimate of drug-likeness (QED) is 0.109. The lowest BCUT2D eigenvalue weighted by atomic mass is 9.73. The first kappa shape index (κ1) is 42.1. The fourth-order valence-electron chi connectivity index (χ4n) is 9.08. The van der Waals surface area contributed by atoms with Gasteiger partial charge in [-0.2, -0.15) is 0 Å². The Kier molecular flexibility index (Phi) is 9.70. The monoisotopic (exact) mass is 898 g/mol. The maximum absolute atomic E-state index is 12.5. The van der Waals surface area contributed by atoms with Gasteiger partial charge in [-0.3, -0.25) is 0 Å². The molecule has 338 valence electrons. The van der Waals surface area contributed by atoms with E-state index in [4.69, 9.17) is 14.2 Å². The van der Waals surface area contributed by atoms with Crippen molar-refractivity contribution in [2.45, 2.75) is 54.9 Å². The van der Waals surface area contributed by atoms with Gasteiger partial charge in [-0.05, 0) is 42.0 Å². The third-order valence-electron chi connectivity index (χ3n) is 12.0. The molecule has 0 radical (unpaired) electrons. The lowest BCUT2D eigenvalue weighted by Crippen LogP contribution is -2.39. The van der Waals surface area contributed by atoms with Crippen molar-refractivity contribution in [3.8, 4) is 97.7 Å². The molecule has 20 heteroatoms. The molecule has 0 aromatic heterocycles. The molecule has 65 heavy (non-hydrogen) atoms. The van der Waals surface area contributed by atoms with Gasteiger partial charge in [0.2, 0.25) is 0 Å². The molecule has 6 aromatic carbocycles. The Labute approximate surface area is 364 Å². The van der Waals surface area contributed by atoms with E-state index in [0.29, 0.717) is 0 Å². The third kappa shape index (κ3) is 6.57. The van der Waals surface area contributed by atoms with E-state index in [1.807, 2.05) is 0 Å². The van der Waals surface area contributed by atoms with E-state index >= 15 is 0 Å². The summed E-state index contributed by atoms with van der Waals surface area (Å²) in [6.45, 7) is 0. The molecule has 0 saturated heterocycles. The third-order valence-corrected chi connectivity index (χ3v) is 12.0. The predicted octanol–water partition coefficient (Wildman–Crippen LogP) is 3.86. The molecule has 3 aliphatic rings. The van der Waals surface area contributed by atoms with Gasteiger partial charge in [0.15, 0.2) is 64.3 Å². The van der Waals surface area contributed by atoms with Crippen LogP contribution in [0.15, 0.2) is 66.7 Å². The number of aliphatic hydroxyl groups excluding tert-OH is 3. The van der Waals surface area contributed by atoms with Crippen LogP contribution >= 0.6 is 0 Å². The van der Waals surface area contributed by atoms with Gasteiger partial charge in [-0.1, -0.05) is 6.07 Å². The van der Waals surface area contributed by atoms with Gasteiger partial charge in [0, 0.05) is 69.6 Å². The van der Waals surface area contributed by atoms with Crippen LogP contribution < -0.4 is 14.2 Å². The van der Waals surface area contributed by atoms with Crippen LogP contribution in [-0.2, 0) is 6.42 Å². The molecule has 0 amide bonds. The van der Waals surface area contributed by atoms with Gasteiger partial charge >= 0.3 is 0 Å². The summed E-state index contributed by atoms with van der Waals surface area (Å²) in [6.07, 6.45) is -10.9. The minimum atomic E-state index is -2.06. The summed E-state index contributed by atoms with van der Waals surface area (Å²) >= 11 is 0. The van der Waals surface area contributed by atoms with Gasteiger partial charge in [0.25, 0.3) is 0 Å². The number of hydrogen-bond donors (Lipinski definition) is 17. The second-order valence-electron chi connectivity index (χ2n) is 16.0. The fraction of sp³-hybridized carbons (Fsp3) is 0.200. The highest BCUT2D eigenvalue weighted by molar-refractivity contribution is 5.71. The molecule has 0 fully saturated rings. The number of aliphatic hydroxyl groups is 3. The fourth-order valence-corrected chi connectivity index (χ4v) is 9.08. The zero-order valence-electron chi connectivity index (χ0n) is 33.0. The van der Waals surface area contributed by atoms with Crippen LogP contribution in [0.25, 0.3) is 0 Å². The van der Waals surface area contributed by atoms with Crippen molar-refractivity contribution in [1.82, 2.24) is 0 Å². The Bertz CT molecular complexity index is 2900. The van der Waals surface area contributed by atoms with Crippen LogP contribution in [0.3, 0.4) is 0 Å². The molecule has 1 unspecified atom stereocenters. The zero-order valence-corrected chi connectivity index (χ0v) is 33.0. The van der Waals surface area contributed by atoms with E-state index < -0.39 is 164 Å². The number of aromatic hydroxyl groups is 14. The smallest absolute Gasteiger partial charge is 0.200 e. The first-order valence-electron chi connectivity index (χ1n) is 19.5. The van der Waals surface area contributed by atoms with Crippen molar-refractivity contribution in [2.75, 3.05) is 0 Å². The van der Waals surface area contributed by atoms with Gasteiger partial charge in [0.05, 0.1) is 17.9 Å². The maximum atomic E-state index is 12.5. The Morgan fingerprint density at radius 1 is 0.369 bits per heavy atom. The summed E-state index contributed by atoms with van der Waals surface area (Å²) in [7, 11) is 0. The molecule has 0 saturated carbocycles. The number of phenols is 14.